The van der Waals surface area contributed by atoms with Crippen LogP contribution in [0.1, 0.15) is 27.8 Å². The van der Waals surface area contributed by atoms with Gasteiger partial charge in [-0.1, -0.05) is 0 Å². The van der Waals surface area contributed by atoms with Gasteiger partial charge in [-0.05, 0) is 19.1 Å². The van der Waals surface area contributed by atoms with Gasteiger partial charge in [0.05, 0.1) is 12.2 Å². The second kappa shape index (κ2) is 6.88. The number of carbonyl (C=O) groups is 4. The molecule has 1 aromatic rings. The van der Waals surface area contributed by atoms with Crippen LogP contribution >= 0.6 is 0 Å². The number of fused-ring (bicyclic) bond motifs is 1. The van der Waals surface area contributed by atoms with E-state index in [4.69, 9.17) is 4.74 Å². The van der Waals surface area contributed by atoms with Crippen LogP contribution in [0, 0.1) is 0 Å². The fraction of sp³-hybridized carbons (Fsp3) is 0.438. The lowest BCUT2D eigenvalue weighted by atomic mass is 10.2. The van der Waals surface area contributed by atoms with Gasteiger partial charge in [0.2, 0.25) is 5.91 Å². The fourth-order valence-corrected chi connectivity index (χ4v) is 2.85. The number of carbonyl (C=O) groups excluding carboxylic acids is 4. The average molecular weight is 346 g/mol. The summed E-state index contributed by atoms with van der Waals surface area (Å²) in [6.07, 6.45) is 1.03. The van der Waals surface area contributed by atoms with Crippen LogP contribution in [0.2, 0.25) is 0 Å². The number of imide groups is 1. The van der Waals surface area contributed by atoms with Gasteiger partial charge < -0.3 is 14.5 Å². The maximum absolute atomic E-state index is 12.4. The topological polar surface area (TPSA) is 100 Å². The molecule has 1 fully saturated rings. The molecule has 132 valence electrons. The van der Waals surface area contributed by atoms with Crippen LogP contribution in [0.5, 0.6) is 0 Å². The van der Waals surface area contributed by atoms with Crippen molar-refractivity contribution in [3.05, 3.63) is 29.6 Å². The maximum Gasteiger partial charge on any atom is 0.409 e. The molecule has 3 heterocycles. The number of ether oxygens (including phenoxy) is 1. The highest BCUT2D eigenvalue weighted by molar-refractivity contribution is 6.21. The van der Waals surface area contributed by atoms with E-state index in [9.17, 15) is 19.2 Å². The summed E-state index contributed by atoms with van der Waals surface area (Å²) >= 11 is 0. The minimum absolute atomic E-state index is 0.0763. The first-order valence-corrected chi connectivity index (χ1v) is 8.03. The van der Waals surface area contributed by atoms with E-state index >= 15 is 0 Å². The summed E-state index contributed by atoms with van der Waals surface area (Å²) in [4.78, 5) is 56.5. The predicted molar refractivity (Wildman–Crippen MR) is 84.8 cm³/mol. The van der Waals surface area contributed by atoms with Gasteiger partial charge in [-0.25, -0.2) is 4.79 Å². The van der Waals surface area contributed by atoms with Crippen molar-refractivity contribution in [1.82, 2.24) is 19.7 Å². The third-order valence-corrected chi connectivity index (χ3v) is 4.18. The molecule has 0 atom stereocenters. The second-order valence-corrected chi connectivity index (χ2v) is 5.66. The average Bonchev–Trinajstić information content (AvgIpc) is 2.87. The summed E-state index contributed by atoms with van der Waals surface area (Å²) in [7, 11) is 0. The van der Waals surface area contributed by atoms with Gasteiger partial charge in [-0.15, -0.1) is 0 Å². The van der Waals surface area contributed by atoms with E-state index < -0.39 is 17.9 Å². The first-order chi connectivity index (χ1) is 12.0. The van der Waals surface area contributed by atoms with Gasteiger partial charge in [0.1, 0.15) is 12.2 Å². The zero-order valence-corrected chi connectivity index (χ0v) is 13.8. The van der Waals surface area contributed by atoms with Gasteiger partial charge in [0, 0.05) is 32.4 Å². The van der Waals surface area contributed by atoms with Gasteiger partial charge in [0.25, 0.3) is 11.8 Å². The Morgan fingerprint density at radius 1 is 1.12 bits per heavy atom. The van der Waals surface area contributed by atoms with E-state index in [1.54, 1.807) is 13.0 Å². The van der Waals surface area contributed by atoms with Gasteiger partial charge in [-0.2, -0.15) is 0 Å². The Morgan fingerprint density at radius 2 is 1.80 bits per heavy atom. The van der Waals surface area contributed by atoms with Crippen LogP contribution in [-0.2, 0) is 9.53 Å². The summed E-state index contributed by atoms with van der Waals surface area (Å²) < 4.78 is 4.93. The number of nitrogens with zero attached hydrogens (tertiary/aromatic N) is 4. The van der Waals surface area contributed by atoms with E-state index in [1.165, 1.54) is 22.1 Å². The predicted octanol–water partition coefficient (Wildman–Crippen LogP) is -0.0217. The van der Waals surface area contributed by atoms with Crippen molar-refractivity contribution < 1.29 is 23.9 Å². The number of aromatic nitrogens is 1. The highest BCUT2D eigenvalue weighted by Crippen LogP contribution is 2.20. The van der Waals surface area contributed by atoms with Crippen LogP contribution in [-0.4, -0.2) is 82.8 Å². The highest BCUT2D eigenvalue weighted by Gasteiger charge is 2.38. The molecular weight excluding hydrogens is 328 g/mol. The largest absolute Gasteiger partial charge is 0.450 e. The molecule has 2 aliphatic heterocycles. The van der Waals surface area contributed by atoms with Crippen molar-refractivity contribution in [3.63, 3.8) is 0 Å². The lowest BCUT2D eigenvalue weighted by Gasteiger charge is -2.34. The molecule has 0 N–H and O–H groups in total. The van der Waals surface area contributed by atoms with Crippen LogP contribution < -0.4 is 0 Å². The molecule has 0 radical (unpaired) electrons. The first kappa shape index (κ1) is 16.9. The summed E-state index contributed by atoms with van der Waals surface area (Å²) in [5.74, 6) is -1.40. The van der Waals surface area contributed by atoms with E-state index in [-0.39, 0.29) is 23.7 Å². The highest BCUT2D eigenvalue weighted by atomic mass is 16.6. The minimum Gasteiger partial charge on any atom is -0.450 e. The summed E-state index contributed by atoms with van der Waals surface area (Å²) in [6, 6.07) is 3.09. The van der Waals surface area contributed by atoms with Crippen LogP contribution in [0.4, 0.5) is 4.79 Å². The first-order valence-electron chi connectivity index (χ1n) is 8.03. The standard InChI is InChI=1S/C16H18N4O5/c1-2-25-16(24)19-8-6-18(7-9-19)12(21)10-20-14(22)11-4-3-5-17-13(11)15(20)23/h3-5H,2,6-10H2,1H3. The van der Waals surface area contributed by atoms with Gasteiger partial charge >= 0.3 is 6.09 Å². The third kappa shape index (κ3) is 3.17. The molecule has 9 heteroatoms. The number of hydrogen-bond acceptors (Lipinski definition) is 6. The van der Waals surface area contributed by atoms with Crippen molar-refractivity contribution in [2.24, 2.45) is 0 Å². The molecule has 1 aromatic heterocycles. The zero-order chi connectivity index (χ0) is 18.0. The molecule has 1 saturated heterocycles. The van der Waals surface area contributed by atoms with Gasteiger partial charge in [-0.3, -0.25) is 24.3 Å². The molecule has 25 heavy (non-hydrogen) atoms. The van der Waals surface area contributed by atoms with E-state index in [2.05, 4.69) is 4.98 Å². The number of piperazine rings is 1. The van der Waals surface area contributed by atoms with Crippen molar-refractivity contribution in [2.45, 2.75) is 6.92 Å². The Morgan fingerprint density at radius 3 is 2.44 bits per heavy atom. The quantitative estimate of drug-likeness (QED) is 0.713. The zero-order valence-electron chi connectivity index (χ0n) is 13.8. The summed E-state index contributed by atoms with van der Waals surface area (Å²) in [6.45, 7) is 3.08. The Bertz CT molecular complexity index is 692. The molecule has 3 rings (SSSR count). The molecule has 0 bridgehead atoms. The molecular formula is C16H18N4O5. The summed E-state index contributed by atoms with van der Waals surface area (Å²) in [5.41, 5.74) is 0.292. The minimum atomic E-state index is -0.556. The monoisotopic (exact) mass is 346 g/mol. The molecule has 4 amide bonds. The third-order valence-electron chi connectivity index (χ3n) is 4.18. The normalized spacial score (nSPS) is 16.9. The van der Waals surface area contributed by atoms with Crippen LogP contribution in [0.15, 0.2) is 18.3 Å². The lowest BCUT2D eigenvalue weighted by Crippen LogP contribution is -2.53. The van der Waals surface area contributed by atoms with E-state index in [0.29, 0.717) is 32.8 Å². The number of hydrogen-bond donors (Lipinski definition) is 0. The van der Waals surface area contributed by atoms with Crippen molar-refractivity contribution >= 4 is 23.8 Å². The van der Waals surface area contributed by atoms with E-state index in [1.807, 2.05) is 0 Å². The molecule has 9 nitrogen and oxygen atoms in total. The Labute approximate surface area is 144 Å². The molecule has 2 aliphatic rings. The fourth-order valence-electron chi connectivity index (χ4n) is 2.85. The van der Waals surface area contributed by atoms with E-state index in [0.717, 1.165) is 4.90 Å². The SMILES string of the molecule is CCOC(=O)N1CCN(C(=O)CN2C(=O)c3cccnc3C2=O)CC1. The lowest BCUT2D eigenvalue weighted by molar-refractivity contribution is -0.133. The molecule has 0 saturated carbocycles. The maximum atomic E-state index is 12.4. The molecule has 0 spiro atoms. The Hall–Kier alpha value is -2.97. The van der Waals surface area contributed by atoms with Crippen LogP contribution in [0.3, 0.4) is 0 Å². The van der Waals surface area contributed by atoms with Crippen molar-refractivity contribution in [3.8, 4) is 0 Å². The Balaban J connectivity index is 1.58. The number of rotatable bonds is 3. The molecule has 0 aliphatic carbocycles. The van der Waals surface area contributed by atoms with Crippen molar-refractivity contribution in [1.29, 1.82) is 0 Å². The van der Waals surface area contributed by atoms with Crippen molar-refractivity contribution in [2.75, 3.05) is 39.3 Å². The Kier molecular flexibility index (Phi) is 4.64. The van der Waals surface area contributed by atoms with Gasteiger partial charge in [0.15, 0.2) is 0 Å². The smallest absolute Gasteiger partial charge is 0.409 e. The second-order valence-electron chi connectivity index (χ2n) is 5.66. The number of amides is 4. The molecule has 0 aromatic carbocycles. The summed E-state index contributed by atoms with van der Waals surface area (Å²) in [5, 5.41) is 0. The molecule has 0 unspecified atom stereocenters. The van der Waals surface area contributed by atoms with Crippen LogP contribution in [0.25, 0.3) is 0 Å². The number of pyridine rings is 1.